The second-order valence-corrected chi connectivity index (χ2v) is 16.2. The Labute approximate surface area is 316 Å². The van der Waals surface area contributed by atoms with Gasteiger partial charge >= 0.3 is 12.1 Å². The first-order chi connectivity index (χ1) is 25.3. The first kappa shape index (κ1) is 39.5. The molecule has 2 N–H and O–H groups in total. The van der Waals surface area contributed by atoms with Crippen LogP contribution < -0.4 is 15.5 Å². The maximum atomic E-state index is 13.6. The third-order valence-corrected chi connectivity index (χ3v) is 11.3. The molecule has 0 bridgehead atoms. The van der Waals surface area contributed by atoms with Gasteiger partial charge in [-0.1, -0.05) is 24.0 Å². The van der Waals surface area contributed by atoms with Gasteiger partial charge in [0.1, 0.15) is 22.7 Å². The van der Waals surface area contributed by atoms with Gasteiger partial charge in [0.15, 0.2) is 5.82 Å². The van der Waals surface area contributed by atoms with Crippen molar-refractivity contribution in [2.75, 3.05) is 44.7 Å². The Kier molecular flexibility index (Phi) is 13.0. The van der Waals surface area contributed by atoms with E-state index in [9.17, 15) is 19.1 Å². The third-order valence-electron chi connectivity index (χ3n) is 9.81. The van der Waals surface area contributed by atoms with Gasteiger partial charge in [0.2, 0.25) is 0 Å². The zero-order valence-corrected chi connectivity index (χ0v) is 32.6. The molecule has 3 heterocycles. The highest BCUT2D eigenvalue weighted by atomic mass is 32.2. The molecule has 0 saturated carbocycles. The molecule has 13 heteroatoms. The summed E-state index contributed by atoms with van der Waals surface area (Å²) in [6, 6.07) is 13.6. The summed E-state index contributed by atoms with van der Waals surface area (Å²) in [5.74, 6) is 7.63. The lowest BCUT2D eigenvalue weighted by Gasteiger charge is -2.34. The number of ether oxygens (including phenoxy) is 1. The van der Waals surface area contributed by atoms with E-state index < -0.39 is 22.7 Å². The van der Waals surface area contributed by atoms with Gasteiger partial charge in [-0.25, -0.2) is 18.1 Å². The summed E-state index contributed by atoms with van der Waals surface area (Å²) in [5, 5.41) is 21.1. The molecule has 0 spiro atoms. The average molecular weight is 741 g/mol. The van der Waals surface area contributed by atoms with Crippen molar-refractivity contribution in [2.24, 2.45) is 7.05 Å². The molecule has 2 aliphatic rings. The fourth-order valence-corrected chi connectivity index (χ4v) is 8.13. The predicted octanol–water partition coefficient (Wildman–Crippen LogP) is 5.80. The van der Waals surface area contributed by atoms with E-state index in [2.05, 4.69) is 65.1 Å². The number of fused-ring (bicyclic) bond motifs is 1. The van der Waals surface area contributed by atoms with E-state index >= 15 is 0 Å². The van der Waals surface area contributed by atoms with Crippen LogP contribution in [-0.2, 0) is 22.8 Å². The lowest BCUT2D eigenvalue weighted by atomic mass is 9.88. The molecular formula is C40H52N8O4S. The molecule has 2 atom stereocenters. The number of nitriles is 1. The fourth-order valence-electron chi connectivity index (χ4n) is 6.88. The van der Waals surface area contributed by atoms with Gasteiger partial charge in [-0.15, -0.1) is 6.58 Å². The maximum absolute atomic E-state index is 13.6. The van der Waals surface area contributed by atoms with Crippen LogP contribution in [0.5, 0.6) is 0 Å². The Bertz CT molecular complexity index is 1940. The molecule has 1 aromatic heterocycles. The van der Waals surface area contributed by atoms with E-state index in [1.165, 1.54) is 5.56 Å². The zero-order valence-electron chi connectivity index (χ0n) is 31.8. The molecule has 12 nitrogen and oxygen atoms in total. The van der Waals surface area contributed by atoms with Gasteiger partial charge in [0.25, 0.3) is 0 Å². The van der Waals surface area contributed by atoms with Crippen LogP contribution in [0, 0.1) is 23.2 Å². The van der Waals surface area contributed by atoms with Crippen LogP contribution in [0.4, 0.5) is 15.4 Å². The van der Waals surface area contributed by atoms with Gasteiger partial charge in [0, 0.05) is 50.7 Å². The van der Waals surface area contributed by atoms with Crippen molar-refractivity contribution in [1.29, 1.82) is 5.26 Å². The largest absolute Gasteiger partial charge is 0.444 e. The Morgan fingerprint density at radius 3 is 2.47 bits per heavy atom. The van der Waals surface area contributed by atoms with Crippen LogP contribution in [0.1, 0.15) is 82.4 Å². The summed E-state index contributed by atoms with van der Waals surface area (Å²) in [7, 11) is 2.12. The number of carbonyl (C=O) groups is 2. The SMILES string of the molecule is C=CCCN(C(=O)NC)c1nn(C)c2cc(C3CCN(C(C)C#Cc4cc(S(=O)N5CCC(NC(=O)OC(C)(C)C)CC5)ccc4C#N)CC3)ccc12. The van der Waals surface area contributed by atoms with Crippen LogP contribution in [-0.4, -0.2) is 92.8 Å². The summed E-state index contributed by atoms with van der Waals surface area (Å²) in [5.41, 5.74) is 2.71. The minimum absolute atomic E-state index is 0.0264. The number of anilines is 1. The quantitative estimate of drug-likeness (QED) is 0.209. The highest BCUT2D eigenvalue weighted by Gasteiger charge is 2.28. The van der Waals surface area contributed by atoms with E-state index in [-0.39, 0.29) is 18.1 Å². The Hall–Kier alpha value is -4.69. The second kappa shape index (κ2) is 17.4. The summed E-state index contributed by atoms with van der Waals surface area (Å²) in [6.45, 7) is 14.8. The molecule has 53 heavy (non-hydrogen) atoms. The normalized spacial score (nSPS) is 17.2. The lowest BCUT2D eigenvalue weighted by molar-refractivity contribution is 0.0489. The number of aryl methyl sites for hydroxylation is 1. The zero-order chi connectivity index (χ0) is 38.3. The van der Waals surface area contributed by atoms with E-state index in [0.29, 0.717) is 66.7 Å². The first-order valence-corrected chi connectivity index (χ1v) is 19.5. The highest BCUT2D eigenvalue weighted by molar-refractivity contribution is 7.82. The van der Waals surface area contributed by atoms with Gasteiger partial charge in [-0.3, -0.25) is 14.5 Å². The molecular weight excluding hydrogens is 689 g/mol. The molecule has 0 aliphatic carbocycles. The number of benzene rings is 2. The number of alkyl carbamates (subject to hydrolysis) is 1. The van der Waals surface area contributed by atoms with Gasteiger partial charge < -0.3 is 15.4 Å². The monoisotopic (exact) mass is 740 g/mol. The number of likely N-dealkylation sites (tertiary alicyclic amines) is 1. The predicted molar refractivity (Wildman–Crippen MR) is 209 cm³/mol. The molecule has 3 aromatic rings. The standard InChI is InChI=1S/C40H52N8O4S/c1-8-9-20-48(38(49)42-6)37-35-15-13-31(26-36(35)45(7)44-37)29-16-21-46(22-17-29)28(2)10-11-30-25-34(14-12-32(30)27-41)53(51)47-23-18-33(19-24-47)43-39(50)52-40(3,4)5/h8,12-15,25-26,28-29,33H,1,9,16-24H2,2-7H3,(H,42,49)(H,43,50). The van der Waals surface area contributed by atoms with Crippen LogP contribution >= 0.6 is 0 Å². The number of hydrogen-bond donors (Lipinski definition) is 2. The molecule has 2 fully saturated rings. The second-order valence-electron chi connectivity index (χ2n) is 14.7. The molecule has 2 aromatic carbocycles. The van der Waals surface area contributed by atoms with E-state index in [1.54, 1.807) is 36.2 Å². The highest BCUT2D eigenvalue weighted by Crippen LogP contribution is 2.34. The third kappa shape index (κ3) is 9.85. The van der Waals surface area contributed by atoms with Crippen LogP contribution in [0.25, 0.3) is 10.9 Å². The van der Waals surface area contributed by atoms with Crippen molar-refractivity contribution in [3.8, 4) is 17.9 Å². The molecule has 2 saturated heterocycles. The number of carbonyl (C=O) groups excluding carboxylic acids is 2. The van der Waals surface area contributed by atoms with Crippen LogP contribution in [0.2, 0.25) is 0 Å². The number of amides is 3. The Morgan fingerprint density at radius 1 is 1.11 bits per heavy atom. The summed E-state index contributed by atoms with van der Waals surface area (Å²) < 4.78 is 22.7. The lowest BCUT2D eigenvalue weighted by Crippen LogP contribution is -2.46. The first-order valence-electron chi connectivity index (χ1n) is 18.3. The van der Waals surface area contributed by atoms with Crippen molar-refractivity contribution >= 4 is 39.8 Å². The summed E-state index contributed by atoms with van der Waals surface area (Å²) in [6.07, 6.45) is 5.31. The number of hydrogen-bond acceptors (Lipinski definition) is 7. The molecule has 5 rings (SSSR count). The number of rotatable bonds is 9. The van der Waals surface area contributed by atoms with Crippen molar-refractivity contribution in [3.63, 3.8) is 0 Å². The van der Waals surface area contributed by atoms with Crippen molar-refractivity contribution < 1.29 is 18.5 Å². The fraction of sp³-hybridized carbons (Fsp3) is 0.500. The smallest absolute Gasteiger partial charge is 0.407 e. The number of urea groups is 1. The van der Waals surface area contributed by atoms with Gasteiger partial charge in [-0.2, -0.15) is 10.4 Å². The van der Waals surface area contributed by atoms with Crippen LogP contribution in [0.15, 0.2) is 53.9 Å². The Morgan fingerprint density at radius 2 is 1.83 bits per heavy atom. The van der Waals surface area contributed by atoms with E-state index in [0.717, 1.165) is 36.8 Å². The van der Waals surface area contributed by atoms with Gasteiger partial charge in [0.05, 0.1) is 22.0 Å². The summed E-state index contributed by atoms with van der Waals surface area (Å²) >= 11 is 0. The molecule has 3 amide bonds. The van der Waals surface area contributed by atoms with E-state index in [4.69, 9.17) is 9.84 Å². The maximum Gasteiger partial charge on any atom is 0.407 e. The van der Waals surface area contributed by atoms with E-state index in [1.807, 2.05) is 36.8 Å². The number of nitrogens with one attached hydrogen (secondary N) is 2. The van der Waals surface area contributed by atoms with Crippen molar-refractivity contribution in [1.82, 2.24) is 29.6 Å². The number of aromatic nitrogens is 2. The van der Waals surface area contributed by atoms with Crippen molar-refractivity contribution in [3.05, 3.63) is 65.7 Å². The minimum Gasteiger partial charge on any atom is -0.444 e. The summed E-state index contributed by atoms with van der Waals surface area (Å²) in [4.78, 5) is 29.5. The van der Waals surface area contributed by atoms with Crippen LogP contribution in [0.3, 0.4) is 0 Å². The topological polar surface area (TPSA) is 136 Å². The minimum atomic E-state index is -1.42. The molecule has 2 unspecified atom stereocenters. The molecule has 282 valence electrons. The van der Waals surface area contributed by atoms with Crippen molar-refractivity contribution in [2.45, 2.75) is 88.3 Å². The number of nitrogens with zero attached hydrogens (tertiary/aromatic N) is 6. The molecule has 2 aliphatic heterocycles. The molecule has 0 radical (unpaired) electrons. The van der Waals surface area contributed by atoms with Gasteiger partial charge in [-0.05, 0) is 115 Å². The Balaban J connectivity index is 1.19. The number of piperidine rings is 2. The average Bonchev–Trinajstić information content (AvgIpc) is 3.47.